The summed E-state index contributed by atoms with van der Waals surface area (Å²) in [4.78, 5) is 35.6. The number of carbonyl (C=O) groups excluding carboxylic acids is 3. The Kier molecular flexibility index (Phi) is 5.79. The van der Waals surface area contributed by atoms with E-state index in [0.717, 1.165) is 0 Å². The molecule has 3 rings (SSSR count). The molecule has 2 aromatic rings. The fourth-order valence-corrected chi connectivity index (χ4v) is 2.32. The fourth-order valence-electron chi connectivity index (χ4n) is 2.32. The lowest BCUT2D eigenvalue weighted by atomic mass is 10.2. The molecule has 0 aliphatic carbocycles. The van der Waals surface area contributed by atoms with E-state index < -0.39 is 24.0 Å². The molecule has 0 saturated carbocycles. The summed E-state index contributed by atoms with van der Waals surface area (Å²) in [6.07, 6.45) is 3.19. The average molecular weight is 364 g/mol. The maximum Gasteiger partial charge on any atom is 0.338 e. The number of hydrogen-bond acceptors (Lipinski definition) is 6. The molecular weight excluding hydrogens is 348 g/mol. The molecule has 0 spiro atoms. The number of esters is 3. The van der Waals surface area contributed by atoms with Crippen LogP contribution in [0.3, 0.4) is 0 Å². The minimum Gasteiger partial charge on any atom is -0.458 e. The summed E-state index contributed by atoms with van der Waals surface area (Å²) in [6.45, 7) is -0.221. The molecule has 0 bridgehead atoms. The molecule has 6 heteroatoms. The van der Waals surface area contributed by atoms with Gasteiger partial charge in [-0.15, -0.1) is 0 Å². The molecule has 1 aliphatic rings. The Morgan fingerprint density at radius 3 is 2.04 bits per heavy atom. The first-order valence-electron chi connectivity index (χ1n) is 8.22. The van der Waals surface area contributed by atoms with Crippen LogP contribution in [0.25, 0.3) is 0 Å². The van der Waals surface area contributed by atoms with Gasteiger partial charge >= 0.3 is 17.9 Å². The minimum absolute atomic E-state index is 0.221. The third-order valence-electron chi connectivity index (χ3n) is 3.61. The second kappa shape index (κ2) is 8.62. The van der Waals surface area contributed by atoms with Crippen molar-refractivity contribution in [3.05, 3.63) is 95.8 Å². The van der Waals surface area contributed by atoms with Gasteiger partial charge in [0, 0.05) is 12.2 Å². The lowest BCUT2D eigenvalue weighted by molar-refractivity contribution is -0.132. The zero-order valence-electron chi connectivity index (χ0n) is 14.2. The Bertz CT molecular complexity index is 883. The SMILES string of the molecule is O=C1C=C/C(=C/[C@@H](COC(=O)c2ccccc2)OC(=O)c2ccccc2)O1. The van der Waals surface area contributed by atoms with Crippen LogP contribution in [0.4, 0.5) is 0 Å². The number of rotatable bonds is 6. The molecule has 0 radical (unpaired) electrons. The van der Waals surface area contributed by atoms with Crippen LogP contribution in [0.15, 0.2) is 84.7 Å². The molecule has 1 heterocycles. The van der Waals surface area contributed by atoms with Crippen LogP contribution in [-0.4, -0.2) is 30.6 Å². The second-order valence-electron chi connectivity index (χ2n) is 5.60. The molecule has 0 aromatic heterocycles. The first-order valence-corrected chi connectivity index (χ1v) is 8.22. The van der Waals surface area contributed by atoms with Crippen molar-refractivity contribution in [1.82, 2.24) is 0 Å². The predicted molar refractivity (Wildman–Crippen MR) is 95.7 cm³/mol. The van der Waals surface area contributed by atoms with Crippen LogP contribution in [-0.2, 0) is 19.0 Å². The van der Waals surface area contributed by atoms with Crippen LogP contribution in [0.1, 0.15) is 20.7 Å². The molecule has 0 N–H and O–H groups in total. The summed E-state index contributed by atoms with van der Waals surface area (Å²) >= 11 is 0. The summed E-state index contributed by atoms with van der Waals surface area (Å²) in [5.74, 6) is -1.42. The molecule has 6 nitrogen and oxygen atoms in total. The lowest BCUT2D eigenvalue weighted by Crippen LogP contribution is -2.24. The Labute approximate surface area is 155 Å². The lowest BCUT2D eigenvalue weighted by Gasteiger charge is -2.15. The maximum absolute atomic E-state index is 12.3. The van der Waals surface area contributed by atoms with Crippen molar-refractivity contribution in [1.29, 1.82) is 0 Å². The van der Waals surface area contributed by atoms with Gasteiger partial charge in [0.15, 0.2) is 6.10 Å². The topological polar surface area (TPSA) is 78.9 Å². The van der Waals surface area contributed by atoms with E-state index in [2.05, 4.69) is 0 Å². The zero-order chi connectivity index (χ0) is 19.1. The molecule has 2 aromatic carbocycles. The highest BCUT2D eigenvalue weighted by atomic mass is 16.6. The number of allylic oxidation sites excluding steroid dienone is 1. The second-order valence-corrected chi connectivity index (χ2v) is 5.60. The van der Waals surface area contributed by atoms with Crippen molar-refractivity contribution in [3.63, 3.8) is 0 Å². The van der Waals surface area contributed by atoms with Crippen LogP contribution < -0.4 is 0 Å². The van der Waals surface area contributed by atoms with Crippen LogP contribution >= 0.6 is 0 Å². The summed E-state index contributed by atoms with van der Waals surface area (Å²) in [6, 6.07) is 16.9. The van der Waals surface area contributed by atoms with Gasteiger partial charge in [0.25, 0.3) is 0 Å². The summed E-state index contributed by atoms with van der Waals surface area (Å²) in [7, 11) is 0. The van der Waals surface area contributed by atoms with Crippen LogP contribution in [0, 0.1) is 0 Å². The predicted octanol–water partition coefficient (Wildman–Crippen LogP) is 3.07. The molecule has 1 atom stereocenters. The van der Waals surface area contributed by atoms with Crippen LogP contribution in [0.5, 0.6) is 0 Å². The maximum atomic E-state index is 12.3. The van der Waals surface area contributed by atoms with Crippen molar-refractivity contribution in [2.75, 3.05) is 6.61 Å². The molecule has 27 heavy (non-hydrogen) atoms. The molecule has 136 valence electrons. The first kappa shape index (κ1) is 18.1. The van der Waals surface area contributed by atoms with Crippen molar-refractivity contribution < 1.29 is 28.6 Å². The highest BCUT2D eigenvalue weighted by molar-refractivity contribution is 5.90. The van der Waals surface area contributed by atoms with E-state index in [0.29, 0.717) is 11.1 Å². The van der Waals surface area contributed by atoms with E-state index in [1.54, 1.807) is 60.7 Å². The monoisotopic (exact) mass is 364 g/mol. The van der Waals surface area contributed by atoms with Gasteiger partial charge in [-0.25, -0.2) is 14.4 Å². The standard InChI is InChI=1S/C21H16O6/c22-19-12-11-17(26-19)13-18(27-21(24)16-9-5-2-6-10-16)14-25-20(23)15-7-3-1-4-8-15/h1-13,18H,14H2/b17-13-/t18-/m0/s1. The summed E-state index contributed by atoms with van der Waals surface area (Å²) in [5.41, 5.74) is 0.736. The Balaban J connectivity index is 1.69. The van der Waals surface area contributed by atoms with Crippen molar-refractivity contribution >= 4 is 17.9 Å². The van der Waals surface area contributed by atoms with E-state index in [4.69, 9.17) is 14.2 Å². The van der Waals surface area contributed by atoms with Gasteiger partial charge in [0.2, 0.25) is 0 Å². The number of hydrogen-bond donors (Lipinski definition) is 0. The summed E-state index contributed by atoms with van der Waals surface area (Å²) in [5, 5.41) is 0. The largest absolute Gasteiger partial charge is 0.458 e. The van der Waals surface area contributed by atoms with E-state index >= 15 is 0 Å². The highest BCUT2D eigenvalue weighted by Crippen LogP contribution is 2.14. The minimum atomic E-state index is -0.920. The Morgan fingerprint density at radius 1 is 0.889 bits per heavy atom. The molecule has 0 fully saturated rings. The smallest absolute Gasteiger partial charge is 0.338 e. The molecule has 0 saturated heterocycles. The van der Waals surface area contributed by atoms with Gasteiger partial charge in [-0.2, -0.15) is 0 Å². The van der Waals surface area contributed by atoms with Crippen molar-refractivity contribution in [2.24, 2.45) is 0 Å². The molecular formula is C21H16O6. The van der Waals surface area contributed by atoms with Gasteiger partial charge < -0.3 is 14.2 Å². The Morgan fingerprint density at radius 2 is 1.48 bits per heavy atom. The van der Waals surface area contributed by atoms with Gasteiger partial charge in [-0.3, -0.25) is 0 Å². The van der Waals surface area contributed by atoms with Crippen molar-refractivity contribution in [3.8, 4) is 0 Å². The van der Waals surface area contributed by atoms with Gasteiger partial charge in [-0.05, 0) is 30.3 Å². The number of carbonyl (C=O) groups is 3. The summed E-state index contributed by atoms with van der Waals surface area (Å²) < 4.78 is 15.6. The zero-order valence-corrected chi connectivity index (χ0v) is 14.2. The molecule has 0 unspecified atom stereocenters. The third kappa shape index (κ3) is 5.15. The number of ether oxygens (including phenoxy) is 3. The highest BCUT2D eigenvalue weighted by Gasteiger charge is 2.20. The first-order chi connectivity index (χ1) is 13.1. The quantitative estimate of drug-likeness (QED) is 0.579. The van der Waals surface area contributed by atoms with Crippen molar-refractivity contribution in [2.45, 2.75) is 6.10 Å². The van der Waals surface area contributed by atoms with Gasteiger partial charge in [0.1, 0.15) is 12.4 Å². The third-order valence-corrected chi connectivity index (χ3v) is 3.61. The van der Waals surface area contributed by atoms with E-state index in [9.17, 15) is 14.4 Å². The Hall–Kier alpha value is -3.67. The number of benzene rings is 2. The molecule has 0 amide bonds. The van der Waals surface area contributed by atoms with Gasteiger partial charge in [0.05, 0.1) is 11.1 Å². The average Bonchev–Trinajstić information content (AvgIpc) is 3.11. The van der Waals surface area contributed by atoms with Gasteiger partial charge in [-0.1, -0.05) is 36.4 Å². The fraction of sp³-hybridized carbons (Fsp3) is 0.0952. The van der Waals surface area contributed by atoms with E-state index in [-0.39, 0.29) is 12.4 Å². The van der Waals surface area contributed by atoms with E-state index in [1.165, 1.54) is 18.2 Å². The normalized spacial score (nSPS) is 15.3. The molecule has 1 aliphatic heterocycles. The number of cyclic esters (lactones) is 1. The van der Waals surface area contributed by atoms with E-state index in [1.807, 2.05) is 0 Å². The van der Waals surface area contributed by atoms with Crippen LogP contribution in [0.2, 0.25) is 0 Å².